The first-order chi connectivity index (χ1) is 17.8. The predicted molar refractivity (Wildman–Crippen MR) is 138 cm³/mol. The molecular formula is C25H26N4O7S. The molecule has 0 unspecified atom stereocenters. The van der Waals surface area contributed by atoms with Gasteiger partial charge in [-0.25, -0.2) is 9.79 Å². The van der Waals surface area contributed by atoms with E-state index in [9.17, 15) is 18.0 Å². The molecule has 0 saturated carbocycles. The SMILES string of the molecule is COCC(=O)Nc1ccc(NC(=NCc2ccccc2)NC(=O)OC)cc1OS(=O)(=O)c1ccccc1. The maximum absolute atomic E-state index is 12.9. The number of amides is 2. The third-order valence-electron chi connectivity index (χ3n) is 4.69. The van der Waals surface area contributed by atoms with Gasteiger partial charge in [0.05, 0.1) is 19.3 Å². The number of hydrogen-bond donors (Lipinski definition) is 3. The fraction of sp³-hybridized carbons (Fsp3) is 0.160. The molecule has 0 aromatic heterocycles. The molecular weight excluding hydrogens is 500 g/mol. The van der Waals surface area contributed by atoms with E-state index in [0.29, 0.717) is 5.69 Å². The second kappa shape index (κ2) is 13.0. The van der Waals surface area contributed by atoms with Crippen molar-refractivity contribution >= 4 is 39.5 Å². The molecule has 3 rings (SSSR count). The topological polar surface area (TPSA) is 144 Å². The molecule has 0 spiro atoms. The standard InChI is InChI=1S/C25H26N4O7S/c1-34-17-23(30)28-21-14-13-19(15-22(21)36-37(32,33)20-11-7-4-8-12-20)27-24(29-25(31)35-2)26-16-18-9-5-3-6-10-18/h3-15H,16-17H2,1-2H3,(H,28,30)(H2,26,27,29,31). The zero-order chi connectivity index (χ0) is 26.7. The van der Waals surface area contributed by atoms with Crippen LogP contribution in [0.15, 0.2) is 88.8 Å². The number of rotatable bonds is 9. The van der Waals surface area contributed by atoms with Crippen LogP contribution in [0.3, 0.4) is 0 Å². The molecule has 0 aliphatic heterocycles. The highest BCUT2D eigenvalue weighted by atomic mass is 32.2. The highest BCUT2D eigenvalue weighted by molar-refractivity contribution is 7.87. The molecule has 0 aliphatic carbocycles. The Morgan fingerprint density at radius 1 is 0.892 bits per heavy atom. The minimum absolute atomic E-state index is 0.0451. The Kier molecular flexibility index (Phi) is 9.58. The number of carbonyl (C=O) groups excluding carboxylic acids is 2. The highest BCUT2D eigenvalue weighted by Gasteiger charge is 2.20. The van der Waals surface area contributed by atoms with Gasteiger partial charge in [0.25, 0.3) is 0 Å². The van der Waals surface area contributed by atoms with Gasteiger partial charge >= 0.3 is 16.2 Å². The number of alkyl carbamates (subject to hydrolysis) is 1. The fourth-order valence-corrected chi connectivity index (χ4v) is 3.95. The van der Waals surface area contributed by atoms with Crippen molar-refractivity contribution < 1.29 is 31.7 Å². The van der Waals surface area contributed by atoms with Crippen molar-refractivity contribution in [1.29, 1.82) is 0 Å². The summed E-state index contributed by atoms with van der Waals surface area (Å²) in [5.41, 5.74) is 1.30. The second-order valence-electron chi connectivity index (χ2n) is 7.43. The molecule has 2 amide bonds. The molecule has 37 heavy (non-hydrogen) atoms. The van der Waals surface area contributed by atoms with Crippen molar-refractivity contribution in [2.45, 2.75) is 11.4 Å². The van der Waals surface area contributed by atoms with Gasteiger partial charge in [-0.05, 0) is 29.8 Å². The van der Waals surface area contributed by atoms with E-state index in [-0.39, 0.29) is 35.4 Å². The van der Waals surface area contributed by atoms with E-state index in [1.54, 1.807) is 24.3 Å². The summed E-state index contributed by atoms with van der Waals surface area (Å²) in [6, 6.07) is 21.2. The number of guanidine groups is 1. The maximum Gasteiger partial charge on any atom is 0.413 e. The number of methoxy groups -OCH3 is 2. The number of hydrogen-bond acceptors (Lipinski definition) is 8. The van der Waals surface area contributed by atoms with E-state index in [0.717, 1.165) is 5.56 Å². The highest BCUT2D eigenvalue weighted by Crippen LogP contribution is 2.31. The molecule has 0 heterocycles. The molecule has 3 aromatic rings. The van der Waals surface area contributed by atoms with E-state index in [4.69, 9.17) is 8.92 Å². The Morgan fingerprint density at radius 2 is 1.57 bits per heavy atom. The Labute approximate surface area is 214 Å². The average molecular weight is 527 g/mol. The van der Waals surface area contributed by atoms with Gasteiger partial charge in [0.15, 0.2) is 5.75 Å². The predicted octanol–water partition coefficient (Wildman–Crippen LogP) is 3.36. The van der Waals surface area contributed by atoms with E-state index in [1.165, 1.54) is 38.5 Å². The second-order valence-corrected chi connectivity index (χ2v) is 8.98. The van der Waals surface area contributed by atoms with Gasteiger partial charge in [0.2, 0.25) is 11.9 Å². The van der Waals surface area contributed by atoms with Crippen molar-refractivity contribution in [2.75, 3.05) is 31.5 Å². The monoisotopic (exact) mass is 526 g/mol. The number of benzene rings is 3. The van der Waals surface area contributed by atoms with E-state index in [2.05, 4.69) is 25.7 Å². The van der Waals surface area contributed by atoms with Crippen LogP contribution >= 0.6 is 0 Å². The molecule has 0 atom stereocenters. The van der Waals surface area contributed by atoms with Crippen molar-refractivity contribution in [3.63, 3.8) is 0 Å². The lowest BCUT2D eigenvalue weighted by Gasteiger charge is -2.16. The van der Waals surface area contributed by atoms with E-state index >= 15 is 0 Å². The van der Waals surface area contributed by atoms with Gasteiger partial charge in [0, 0.05) is 18.9 Å². The number of ether oxygens (including phenoxy) is 2. The number of aliphatic imine (C=N–C) groups is 1. The molecule has 0 radical (unpaired) electrons. The summed E-state index contributed by atoms with van der Waals surface area (Å²) < 4.78 is 40.6. The quantitative estimate of drug-likeness (QED) is 0.219. The van der Waals surface area contributed by atoms with E-state index in [1.807, 2.05) is 30.3 Å². The van der Waals surface area contributed by atoms with Crippen molar-refractivity contribution in [2.24, 2.45) is 4.99 Å². The normalized spacial score (nSPS) is 11.4. The van der Waals surface area contributed by atoms with Gasteiger partial charge in [-0.15, -0.1) is 0 Å². The number of nitrogens with zero attached hydrogens (tertiary/aromatic N) is 1. The molecule has 12 heteroatoms. The van der Waals surface area contributed by atoms with Gasteiger partial charge in [-0.2, -0.15) is 8.42 Å². The van der Waals surface area contributed by atoms with Crippen LogP contribution in [0.5, 0.6) is 5.75 Å². The summed E-state index contributed by atoms with van der Waals surface area (Å²) in [7, 11) is -1.66. The van der Waals surface area contributed by atoms with Crippen LogP contribution in [-0.2, 0) is 30.9 Å². The zero-order valence-electron chi connectivity index (χ0n) is 20.1. The first-order valence-electron chi connectivity index (χ1n) is 10.9. The molecule has 0 saturated heterocycles. The minimum atomic E-state index is -4.23. The van der Waals surface area contributed by atoms with Crippen molar-refractivity contribution in [1.82, 2.24) is 5.32 Å². The van der Waals surface area contributed by atoms with Crippen molar-refractivity contribution in [3.8, 4) is 5.75 Å². The molecule has 0 bridgehead atoms. The summed E-state index contributed by atoms with van der Waals surface area (Å²) in [4.78, 5) is 28.3. The van der Waals surface area contributed by atoms with Crippen LogP contribution in [0.25, 0.3) is 0 Å². The smallest absolute Gasteiger partial charge is 0.413 e. The third kappa shape index (κ3) is 8.33. The maximum atomic E-state index is 12.9. The summed E-state index contributed by atoms with van der Waals surface area (Å²) in [6.45, 7) is -0.00567. The van der Waals surface area contributed by atoms with Crippen LogP contribution < -0.4 is 20.1 Å². The molecule has 194 valence electrons. The summed E-state index contributed by atoms with van der Waals surface area (Å²) in [6.07, 6.45) is -0.758. The van der Waals surface area contributed by atoms with E-state index < -0.39 is 22.1 Å². The van der Waals surface area contributed by atoms with Crippen LogP contribution in [-0.4, -0.2) is 47.2 Å². The van der Waals surface area contributed by atoms with Gasteiger partial charge in [-0.3, -0.25) is 10.1 Å². The summed E-state index contributed by atoms with van der Waals surface area (Å²) in [5, 5.41) is 7.94. The lowest BCUT2D eigenvalue weighted by Crippen LogP contribution is -2.36. The molecule has 0 aliphatic rings. The fourth-order valence-electron chi connectivity index (χ4n) is 2.99. The lowest BCUT2D eigenvalue weighted by molar-refractivity contribution is -0.119. The molecule has 3 aromatic carbocycles. The number of carbonyl (C=O) groups is 2. The minimum Gasteiger partial charge on any atom is -0.453 e. The van der Waals surface area contributed by atoms with Gasteiger partial charge in [0.1, 0.15) is 11.5 Å². The first kappa shape index (κ1) is 27.2. The Balaban J connectivity index is 1.93. The van der Waals surface area contributed by atoms with Gasteiger partial charge in [-0.1, -0.05) is 48.5 Å². The zero-order valence-corrected chi connectivity index (χ0v) is 20.9. The third-order valence-corrected chi connectivity index (χ3v) is 5.94. The van der Waals surface area contributed by atoms with Crippen molar-refractivity contribution in [3.05, 3.63) is 84.4 Å². The summed E-state index contributed by atoms with van der Waals surface area (Å²) in [5.74, 6) is -0.634. The average Bonchev–Trinajstić information content (AvgIpc) is 2.89. The summed E-state index contributed by atoms with van der Waals surface area (Å²) >= 11 is 0. The van der Waals surface area contributed by atoms with Crippen LogP contribution in [0, 0.1) is 0 Å². The largest absolute Gasteiger partial charge is 0.453 e. The molecule has 11 nitrogen and oxygen atoms in total. The lowest BCUT2D eigenvalue weighted by atomic mass is 10.2. The number of nitrogens with one attached hydrogen (secondary N) is 3. The Morgan fingerprint density at radius 3 is 2.22 bits per heavy atom. The first-order valence-corrected chi connectivity index (χ1v) is 12.3. The van der Waals surface area contributed by atoms with Crippen LogP contribution in [0.2, 0.25) is 0 Å². The van der Waals surface area contributed by atoms with Gasteiger partial charge < -0.3 is 24.3 Å². The van der Waals surface area contributed by atoms with Crippen LogP contribution in [0.4, 0.5) is 16.2 Å². The number of anilines is 2. The van der Waals surface area contributed by atoms with Crippen LogP contribution in [0.1, 0.15) is 5.56 Å². The Bertz CT molecular complexity index is 1350. The Hall–Kier alpha value is -4.42. The molecule has 0 fully saturated rings. The molecule has 3 N–H and O–H groups in total.